The van der Waals surface area contributed by atoms with Gasteiger partial charge in [0.2, 0.25) is 5.89 Å². The van der Waals surface area contributed by atoms with Gasteiger partial charge in [-0.3, -0.25) is 0 Å². The molecule has 2 aromatic heterocycles. The van der Waals surface area contributed by atoms with Crippen molar-refractivity contribution in [3.63, 3.8) is 0 Å². The first kappa shape index (κ1) is 18.4. The van der Waals surface area contributed by atoms with E-state index in [9.17, 15) is 14.4 Å². The molecule has 0 unspecified atom stereocenters. The molecule has 0 radical (unpaired) electrons. The first-order chi connectivity index (χ1) is 11.9. The highest BCUT2D eigenvalue weighted by molar-refractivity contribution is 4.91. The van der Waals surface area contributed by atoms with Crippen molar-refractivity contribution in [2.75, 3.05) is 0 Å². The lowest BCUT2D eigenvalue weighted by Crippen LogP contribution is -2.54. The van der Waals surface area contributed by atoms with Crippen molar-refractivity contribution in [2.24, 2.45) is 5.92 Å². The maximum absolute atomic E-state index is 12.5. The molecule has 0 spiro atoms. The van der Waals surface area contributed by atoms with Crippen LogP contribution in [-0.2, 0) is 26.1 Å². The molecular weight excluding hydrogens is 326 g/mol. The van der Waals surface area contributed by atoms with E-state index in [0.717, 1.165) is 13.7 Å². The summed E-state index contributed by atoms with van der Waals surface area (Å²) in [5.74, 6) is 0.961. The Morgan fingerprint density at radius 2 is 1.52 bits per heavy atom. The Morgan fingerprint density at radius 3 is 2.00 bits per heavy atom. The lowest BCUT2D eigenvalue weighted by atomic mass is 10.1. The number of aromatic nitrogens is 5. The molecular formula is C16H21N5O4. The van der Waals surface area contributed by atoms with Gasteiger partial charge in [0, 0.05) is 6.42 Å². The van der Waals surface area contributed by atoms with Gasteiger partial charge in [-0.05, 0) is 5.92 Å². The zero-order chi connectivity index (χ0) is 18.6. The van der Waals surface area contributed by atoms with Crippen molar-refractivity contribution in [3.05, 3.63) is 68.5 Å². The van der Waals surface area contributed by atoms with E-state index in [-0.39, 0.29) is 25.5 Å². The molecule has 0 amide bonds. The van der Waals surface area contributed by atoms with E-state index in [2.05, 4.69) is 23.3 Å². The van der Waals surface area contributed by atoms with Crippen LogP contribution in [0.4, 0.5) is 0 Å². The van der Waals surface area contributed by atoms with E-state index in [1.54, 1.807) is 0 Å². The Morgan fingerprint density at radius 1 is 1.00 bits per heavy atom. The van der Waals surface area contributed by atoms with Crippen molar-refractivity contribution in [1.29, 1.82) is 0 Å². The van der Waals surface area contributed by atoms with Gasteiger partial charge in [-0.15, -0.1) is 13.2 Å². The molecule has 0 aliphatic rings. The Labute approximate surface area is 143 Å². The molecule has 0 fully saturated rings. The predicted molar refractivity (Wildman–Crippen MR) is 91.6 cm³/mol. The molecule has 2 aromatic rings. The molecule has 0 saturated carbocycles. The highest BCUT2D eigenvalue weighted by Crippen LogP contribution is 2.05. The van der Waals surface area contributed by atoms with E-state index in [4.69, 9.17) is 4.52 Å². The summed E-state index contributed by atoms with van der Waals surface area (Å²) in [5, 5.41) is 3.80. The minimum Gasteiger partial charge on any atom is -0.339 e. The first-order valence-corrected chi connectivity index (χ1v) is 7.86. The maximum atomic E-state index is 12.5. The third-order valence-corrected chi connectivity index (χ3v) is 3.40. The Hall–Kier alpha value is -2.97. The first-order valence-electron chi connectivity index (χ1n) is 7.86. The van der Waals surface area contributed by atoms with Crippen molar-refractivity contribution in [1.82, 2.24) is 23.8 Å². The third-order valence-electron chi connectivity index (χ3n) is 3.40. The number of rotatable bonds is 8. The summed E-state index contributed by atoms with van der Waals surface area (Å²) in [4.78, 5) is 41.5. The molecule has 9 heteroatoms. The second kappa shape index (κ2) is 7.73. The van der Waals surface area contributed by atoms with Gasteiger partial charge >= 0.3 is 17.1 Å². The highest BCUT2D eigenvalue weighted by Gasteiger charge is 2.17. The molecule has 25 heavy (non-hydrogen) atoms. The minimum atomic E-state index is -0.745. The van der Waals surface area contributed by atoms with Gasteiger partial charge in [-0.25, -0.2) is 28.1 Å². The Kier molecular flexibility index (Phi) is 5.68. The van der Waals surface area contributed by atoms with E-state index in [1.807, 2.05) is 13.8 Å². The molecule has 0 saturated heterocycles. The lowest BCUT2D eigenvalue weighted by molar-refractivity contribution is 0.356. The topological polar surface area (TPSA) is 105 Å². The summed E-state index contributed by atoms with van der Waals surface area (Å²) in [6.07, 6.45) is 3.41. The molecule has 2 heterocycles. The average molecular weight is 347 g/mol. The van der Waals surface area contributed by atoms with Gasteiger partial charge in [0.1, 0.15) is 0 Å². The summed E-state index contributed by atoms with van der Waals surface area (Å²) in [7, 11) is 0. The predicted octanol–water partition coefficient (Wildman–Crippen LogP) is 0.173. The van der Waals surface area contributed by atoms with E-state index in [1.165, 1.54) is 12.2 Å². The molecule has 0 aromatic carbocycles. The van der Waals surface area contributed by atoms with Gasteiger partial charge < -0.3 is 4.52 Å². The number of nitrogens with zero attached hydrogens (tertiary/aromatic N) is 5. The van der Waals surface area contributed by atoms with Gasteiger partial charge in [-0.2, -0.15) is 4.98 Å². The summed E-state index contributed by atoms with van der Waals surface area (Å²) in [5.41, 5.74) is -2.20. The number of allylic oxidation sites excluding steroid dienone is 2. The highest BCUT2D eigenvalue weighted by atomic mass is 16.5. The van der Waals surface area contributed by atoms with Crippen molar-refractivity contribution < 1.29 is 4.52 Å². The maximum Gasteiger partial charge on any atom is 0.337 e. The van der Waals surface area contributed by atoms with E-state index in [0.29, 0.717) is 18.2 Å². The number of hydrogen-bond acceptors (Lipinski definition) is 6. The minimum absolute atomic E-state index is 0.0140. The van der Waals surface area contributed by atoms with Crippen molar-refractivity contribution in [2.45, 2.75) is 39.9 Å². The zero-order valence-electron chi connectivity index (χ0n) is 14.3. The summed E-state index contributed by atoms with van der Waals surface area (Å²) in [6.45, 7) is 10.9. The van der Waals surface area contributed by atoms with Crippen molar-refractivity contribution >= 4 is 0 Å². The Balaban J connectivity index is 2.53. The molecule has 9 nitrogen and oxygen atoms in total. The largest absolute Gasteiger partial charge is 0.339 e. The van der Waals surface area contributed by atoms with Crippen LogP contribution < -0.4 is 17.1 Å². The van der Waals surface area contributed by atoms with Crippen LogP contribution in [0.15, 0.2) is 44.2 Å². The Bertz CT molecular complexity index is 896. The van der Waals surface area contributed by atoms with Crippen LogP contribution >= 0.6 is 0 Å². The summed E-state index contributed by atoms with van der Waals surface area (Å²) < 4.78 is 7.87. The standard InChI is InChI=1S/C16H21N5O4/c1-5-7-19-14(22)20(8-6-2)16(24)21(15(19)23)10-12-17-13(25-18-12)9-11(3)4/h5-6,11H,1-2,7-10H2,3-4H3. The second-order valence-electron chi connectivity index (χ2n) is 5.93. The molecule has 134 valence electrons. The van der Waals surface area contributed by atoms with Gasteiger partial charge in [0.05, 0.1) is 19.6 Å². The molecule has 2 rings (SSSR count). The average Bonchev–Trinajstić information content (AvgIpc) is 2.98. The van der Waals surface area contributed by atoms with Crippen molar-refractivity contribution in [3.8, 4) is 0 Å². The van der Waals surface area contributed by atoms with E-state index < -0.39 is 17.1 Å². The molecule has 0 atom stereocenters. The monoisotopic (exact) mass is 347 g/mol. The normalized spacial score (nSPS) is 11.0. The zero-order valence-corrected chi connectivity index (χ0v) is 14.3. The molecule has 0 N–H and O–H groups in total. The molecule has 0 bridgehead atoms. The van der Waals surface area contributed by atoms with Crippen LogP contribution in [0.1, 0.15) is 25.6 Å². The van der Waals surface area contributed by atoms with Crippen LogP contribution in [0.25, 0.3) is 0 Å². The lowest BCUT2D eigenvalue weighted by Gasteiger charge is -2.10. The molecule has 0 aliphatic heterocycles. The quantitative estimate of drug-likeness (QED) is 0.631. The van der Waals surface area contributed by atoms with Crippen LogP contribution in [0.3, 0.4) is 0 Å². The van der Waals surface area contributed by atoms with Crippen LogP contribution in [0.2, 0.25) is 0 Å². The van der Waals surface area contributed by atoms with Gasteiger partial charge in [0.15, 0.2) is 5.82 Å². The van der Waals surface area contributed by atoms with Gasteiger partial charge in [0.25, 0.3) is 0 Å². The summed E-state index contributed by atoms with van der Waals surface area (Å²) >= 11 is 0. The molecule has 0 aliphatic carbocycles. The van der Waals surface area contributed by atoms with Crippen LogP contribution in [-0.4, -0.2) is 23.8 Å². The van der Waals surface area contributed by atoms with Gasteiger partial charge in [-0.1, -0.05) is 31.2 Å². The fourth-order valence-electron chi connectivity index (χ4n) is 2.32. The summed E-state index contributed by atoms with van der Waals surface area (Å²) in [6, 6.07) is 0. The third kappa shape index (κ3) is 3.93. The van der Waals surface area contributed by atoms with Crippen LogP contribution in [0, 0.1) is 5.92 Å². The second-order valence-corrected chi connectivity index (χ2v) is 5.93. The fourth-order valence-corrected chi connectivity index (χ4v) is 2.32. The van der Waals surface area contributed by atoms with E-state index >= 15 is 0 Å². The smallest absolute Gasteiger partial charge is 0.337 e. The fraction of sp³-hybridized carbons (Fsp3) is 0.438. The van der Waals surface area contributed by atoms with Crippen LogP contribution in [0.5, 0.6) is 0 Å². The number of hydrogen-bond donors (Lipinski definition) is 0. The SMILES string of the molecule is C=CCn1c(=O)n(CC=C)c(=O)n(Cc2noc(CC(C)C)n2)c1=O.